The van der Waals surface area contributed by atoms with Crippen LogP contribution in [0.2, 0.25) is 0 Å². The molecule has 1 fully saturated rings. The van der Waals surface area contributed by atoms with Crippen LogP contribution in [0.1, 0.15) is 33.6 Å². The minimum Gasteiger partial charge on any atom is -0.481 e. The van der Waals surface area contributed by atoms with Gasteiger partial charge in [-0.2, -0.15) is 0 Å². The summed E-state index contributed by atoms with van der Waals surface area (Å²) in [6.45, 7) is 5.57. The fraction of sp³-hybridized carbons (Fsp3) is 0.600. The molecule has 0 saturated heterocycles. The van der Waals surface area contributed by atoms with Gasteiger partial charge in [0.05, 0.1) is 19.0 Å². The molecular formula is C15H23N3O3. The standard InChI is InChI=1S/C15H23N3O3/c1-15(2,3)21-14(19)18-12-7-11(8-12)17-10-5-6-13(20-4)16-9-10/h5-6,9,11-12,17H,7-8H2,1-4H3,(H,18,19). The molecule has 1 amide bonds. The average molecular weight is 293 g/mol. The Morgan fingerprint density at radius 2 is 2.00 bits per heavy atom. The first-order valence-electron chi connectivity index (χ1n) is 7.12. The molecule has 0 atom stereocenters. The van der Waals surface area contributed by atoms with Crippen LogP contribution < -0.4 is 15.4 Å². The molecule has 6 nitrogen and oxygen atoms in total. The smallest absolute Gasteiger partial charge is 0.407 e. The van der Waals surface area contributed by atoms with E-state index in [2.05, 4.69) is 15.6 Å². The highest BCUT2D eigenvalue weighted by Gasteiger charge is 2.31. The Bertz CT molecular complexity index is 476. The number of anilines is 1. The lowest BCUT2D eigenvalue weighted by Crippen LogP contribution is -2.50. The number of hydrogen-bond acceptors (Lipinski definition) is 5. The fourth-order valence-corrected chi connectivity index (χ4v) is 2.15. The molecular weight excluding hydrogens is 270 g/mol. The maximum absolute atomic E-state index is 11.6. The largest absolute Gasteiger partial charge is 0.481 e. The number of pyridine rings is 1. The molecule has 6 heteroatoms. The van der Waals surface area contributed by atoms with Crippen molar-refractivity contribution < 1.29 is 14.3 Å². The summed E-state index contributed by atoms with van der Waals surface area (Å²) in [5.74, 6) is 0.596. The van der Waals surface area contributed by atoms with E-state index in [1.807, 2.05) is 32.9 Å². The van der Waals surface area contributed by atoms with E-state index < -0.39 is 5.60 Å². The molecule has 0 unspecified atom stereocenters. The van der Waals surface area contributed by atoms with E-state index in [0.717, 1.165) is 18.5 Å². The van der Waals surface area contributed by atoms with Gasteiger partial charge in [-0.15, -0.1) is 0 Å². The van der Waals surface area contributed by atoms with Crippen LogP contribution in [0.15, 0.2) is 18.3 Å². The molecule has 1 aliphatic rings. The molecule has 0 radical (unpaired) electrons. The lowest BCUT2D eigenvalue weighted by Gasteiger charge is -2.37. The molecule has 1 aromatic heterocycles. The van der Waals surface area contributed by atoms with Crippen LogP contribution in [0, 0.1) is 0 Å². The molecule has 116 valence electrons. The van der Waals surface area contributed by atoms with Crippen molar-refractivity contribution in [2.24, 2.45) is 0 Å². The van der Waals surface area contributed by atoms with Gasteiger partial charge >= 0.3 is 6.09 Å². The number of nitrogens with zero attached hydrogens (tertiary/aromatic N) is 1. The molecule has 2 rings (SSSR count). The fourth-order valence-electron chi connectivity index (χ4n) is 2.15. The third-order valence-electron chi connectivity index (χ3n) is 3.18. The molecule has 0 aliphatic heterocycles. The second-order valence-corrected chi connectivity index (χ2v) is 6.25. The number of carbonyl (C=O) groups excluding carboxylic acids is 1. The SMILES string of the molecule is COc1ccc(NC2CC(NC(=O)OC(C)(C)C)C2)cn1. The molecule has 1 aromatic rings. The molecule has 21 heavy (non-hydrogen) atoms. The number of amides is 1. The van der Waals surface area contributed by atoms with E-state index in [1.165, 1.54) is 0 Å². The number of nitrogens with one attached hydrogen (secondary N) is 2. The van der Waals surface area contributed by atoms with Gasteiger partial charge in [0.15, 0.2) is 0 Å². The summed E-state index contributed by atoms with van der Waals surface area (Å²) in [7, 11) is 1.59. The maximum atomic E-state index is 11.6. The van der Waals surface area contributed by atoms with E-state index in [1.54, 1.807) is 13.3 Å². The Balaban J connectivity index is 1.70. The highest BCUT2D eigenvalue weighted by atomic mass is 16.6. The molecule has 0 spiro atoms. The van der Waals surface area contributed by atoms with Crippen LogP contribution in [0.25, 0.3) is 0 Å². The summed E-state index contributed by atoms with van der Waals surface area (Å²) in [5.41, 5.74) is 0.497. The number of ether oxygens (including phenoxy) is 2. The van der Waals surface area contributed by atoms with Crippen molar-refractivity contribution in [1.29, 1.82) is 0 Å². The van der Waals surface area contributed by atoms with Gasteiger partial charge in [-0.25, -0.2) is 9.78 Å². The zero-order chi connectivity index (χ0) is 15.5. The Morgan fingerprint density at radius 1 is 1.29 bits per heavy atom. The third kappa shape index (κ3) is 4.81. The topological polar surface area (TPSA) is 72.5 Å². The zero-order valence-corrected chi connectivity index (χ0v) is 13.0. The molecule has 1 aliphatic carbocycles. The van der Waals surface area contributed by atoms with E-state index in [9.17, 15) is 4.79 Å². The van der Waals surface area contributed by atoms with Gasteiger partial charge in [-0.3, -0.25) is 0 Å². The van der Waals surface area contributed by atoms with Crippen LogP contribution in [-0.2, 0) is 4.74 Å². The second kappa shape index (κ2) is 6.20. The van der Waals surface area contributed by atoms with Crippen LogP contribution in [-0.4, -0.2) is 35.9 Å². The van der Waals surface area contributed by atoms with E-state index in [4.69, 9.17) is 9.47 Å². The van der Waals surface area contributed by atoms with Crippen LogP contribution in [0.3, 0.4) is 0 Å². The van der Waals surface area contributed by atoms with Crippen LogP contribution >= 0.6 is 0 Å². The van der Waals surface area contributed by atoms with Crippen LogP contribution in [0.5, 0.6) is 5.88 Å². The van der Waals surface area contributed by atoms with Crippen LogP contribution in [0.4, 0.5) is 10.5 Å². The van der Waals surface area contributed by atoms with Gasteiger partial charge in [0.2, 0.25) is 5.88 Å². The summed E-state index contributed by atoms with van der Waals surface area (Å²) in [4.78, 5) is 15.8. The van der Waals surface area contributed by atoms with Gasteiger partial charge in [-0.05, 0) is 39.7 Å². The van der Waals surface area contributed by atoms with E-state index >= 15 is 0 Å². The molecule has 1 saturated carbocycles. The molecule has 1 heterocycles. The molecule has 0 aromatic carbocycles. The lowest BCUT2D eigenvalue weighted by atomic mass is 9.87. The minimum atomic E-state index is -0.458. The number of alkyl carbamates (subject to hydrolysis) is 1. The predicted molar refractivity (Wildman–Crippen MR) is 80.6 cm³/mol. The van der Waals surface area contributed by atoms with Crippen molar-refractivity contribution in [1.82, 2.24) is 10.3 Å². The van der Waals surface area contributed by atoms with Crippen molar-refractivity contribution in [2.45, 2.75) is 51.3 Å². The monoisotopic (exact) mass is 293 g/mol. The highest BCUT2D eigenvalue weighted by molar-refractivity contribution is 5.68. The minimum absolute atomic E-state index is 0.170. The van der Waals surface area contributed by atoms with Crippen molar-refractivity contribution in [2.75, 3.05) is 12.4 Å². The molecule has 2 N–H and O–H groups in total. The number of hydrogen-bond donors (Lipinski definition) is 2. The Morgan fingerprint density at radius 3 is 2.52 bits per heavy atom. The molecule has 0 bridgehead atoms. The van der Waals surface area contributed by atoms with Gasteiger partial charge in [0, 0.05) is 18.2 Å². The van der Waals surface area contributed by atoms with E-state index in [0.29, 0.717) is 11.9 Å². The summed E-state index contributed by atoms with van der Waals surface area (Å²) in [6, 6.07) is 4.27. The first kappa shape index (κ1) is 15.4. The average Bonchev–Trinajstić information content (AvgIpc) is 2.35. The van der Waals surface area contributed by atoms with Crippen molar-refractivity contribution >= 4 is 11.8 Å². The number of rotatable bonds is 4. The predicted octanol–water partition coefficient (Wildman–Crippen LogP) is 2.56. The summed E-state index contributed by atoms with van der Waals surface area (Å²) < 4.78 is 10.2. The van der Waals surface area contributed by atoms with Gasteiger partial charge in [-0.1, -0.05) is 0 Å². The van der Waals surface area contributed by atoms with Crippen molar-refractivity contribution in [3.63, 3.8) is 0 Å². The lowest BCUT2D eigenvalue weighted by molar-refractivity contribution is 0.0475. The van der Waals surface area contributed by atoms with Crippen molar-refractivity contribution in [3.8, 4) is 5.88 Å². The Kier molecular flexibility index (Phi) is 4.55. The number of aromatic nitrogens is 1. The zero-order valence-electron chi connectivity index (χ0n) is 13.0. The Labute approximate surface area is 125 Å². The van der Waals surface area contributed by atoms with Gasteiger partial charge in [0.1, 0.15) is 5.60 Å². The van der Waals surface area contributed by atoms with Gasteiger partial charge in [0.25, 0.3) is 0 Å². The first-order valence-corrected chi connectivity index (χ1v) is 7.12. The summed E-state index contributed by atoms with van der Waals surface area (Å²) in [6.07, 6.45) is 3.15. The van der Waals surface area contributed by atoms with Gasteiger partial charge < -0.3 is 20.1 Å². The maximum Gasteiger partial charge on any atom is 0.407 e. The number of methoxy groups -OCH3 is 1. The summed E-state index contributed by atoms with van der Waals surface area (Å²) in [5, 5.41) is 6.24. The Hall–Kier alpha value is -1.98. The van der Waals surface area contributed by atoms with E-state index in [-0.39, 0.29) is 12.1 Å². The quantitative estimate of drug-likeness (QED) is 0.892. The normalized spacial score (nSPS) is 21.1. The second-order valence-electron chi connectivity index (χ2n) is 6.25. The third-order valence-corrected chi connectivity index (χ3v) is 3.18. The highest BCUT2D eigenvalue weighted by Crippen LogP contribution is 2.25. The van der Waals surface area contributed by atoms with Crippen molar-refractivity contribution in [3.05, 3.63) is 18.3 Å². The first-order chi connectivity index (χ1) is 9.85. The summed E-state index contributed by atoms with van der Waals surface area (Å²) >= 11 is 0. The number of carbonyl (C=O) groups is 1.